The molecule has 1 aliphatic heterocycles. The number of hydrogen-bond donors (Lipinski definition) is 0. The van der Waals surface area contributed by atoms with E-state index in [1.54, 1.807) is 18.7 Å². The maximum Gasteiger partial charge on any atom is 0.116 e. The molecule has 116 valence electrons. The molecule has 2 aromatic heterocycles. The Labute approximate surface area is 131 Å². The Balaban J connectivity index is 1.66. The molecule has 0 unspecified atom stereocenters. The van der Waals surface area contributed by atoms with Crippen molar-refractivity contribution in [2.45, 2.75) is 51.6 Å². The van der Waals surface area contributed by atoms with Gasteiger partial charge in [0, 0.05) is 35.7 Å². The van der Waals surface area contributed by atoms with Crippen molar-refractivity contribution in [3.05, 3.63) is 36.8 Å². The third-order valence-electron chi connectivity index (χ3n) is 4.40. The van der Waals surface area contributed by atoms with Gasteiger partial charge in [0.05, 0.1) is 5.69 Å². The minimum Gasteiger partial charge on any atom is -0.298 e. The molecule has 1 atom stereocenters. The molecule has 5 nitrogen and oxygen atoms in total. The van der Waals surface area contributed by atoms with Crippen LogP contribution in [-0.4, -0.2) is 43.5 Å². The number of aryl methyl sites for hydroxylation is 1. The molecule has 0 bridgehead atoms. The molecule has 1 fully saturated rings. The quantitative estimate of drug-likeness (QED) is 0.849. The van der Waals surface area contributed by atoms with Gasteiger partial charge in [-0.05, 0) is 52.1 Å². The molecule has 0 spiro atoms. The SMILES string of the molecule is CC(C)N1CCC[C@@H]1CCc1cc(-c2cncnc2)ncn1. The van der Waals surface area contributed by atoms with E-state index in [-0.39, 0.29) is 0 Å². The highest BCUT2D eigenvalue weighted by atomic mass is 15.2. The number of nitrogens with zero attached hydrogens (tertiary/aromatic N) is 5. The average Bonchev–Trinajstić information content (AvgIpc) is 3.03. The van der Waals surface area contributed by atoms with Gasteiger partial charge >= 0.3 is 0 Å². The summed E-state index contributed by atoms with van der Waals surface area (Å²) in [4.78, 5) is 19.5. The van der Waals surface area contributed by atoms with Gasteiger partial charge in [0.2, 0.25) is 0 Å². The normalized spacial score (nSPS) is 19.0. The van der Waals surface area contributed by atoms with Crippen LogP contribution in [0.5, 0.6) is 0 Å². The van der Waals surface area contributed by atoms with E-state index in [2.05, 4.69) is 44.7 Å². The second kappa shape index (κ2) is 6.92. The summed E-state index contributed by atoms with van der Waals surface area (Å²) in [7, 11) is 0. The minimum absolute atomic E-state index is 0.634. The van der Waals surface area contributed by atoms with Crippen molar-refractivity contribution in [2.75, 3.05) is 6.54 Å². The van der Waals surface area contributed by atoms with Crippen LogP contribution < -0.4 is 0 Å². The molecule has 5 heteroatoms. The Morgan fingerprint density at radius 2 is 2.00 bits per heavy atom. The van der Waals surface area contributed by atoms with Crippen molar-refractivity contribution in [1.82, 2.24) is 24.8 Å². The minimum atomic E-state index is 0.634. The van der Waals surface area contributed by atoms with E-state index in [4.69, 9.17) is 0 Å². The zero-order valence-electron chi connectivity index (χ0n) is 13.3. The zero-order valence-corrected chi connectivity index (χ0v) is 13.3. The summed E-state index contributed by atoms with van der Waals surface area (Å²) in [5, 5.41) is 0. The second-order valence-corrected chi connectivity index (χ2v) is 6.19. The summed E-state index contributed by atoms with van der Waals surface area (Å²) in [6, 6.07) is 3.39. The van der Waals surface area contributed by atoms with E-state index in [9.17, 15) is 0 Å². The van der Waals surface area contributed by atoms with Crippen LogP contribution in [0.3, 0.4) is 0 Å². The van der Waals surface area contributed by atoms with E-state index >= 15 is 0 Å². The Morgan fingerprint density at radius 1 is 1.18 bits per heavy atom. The van der Waals surface area contributed by atoms with Crippen LogP contribution in [0.1, 0.15) is 38.8 Å². The molecule has 3 rings (SSSR count). The van der Waals surface area contributed by atoms with Crippen LogP contribution >= 0.6 is 0 Å². The molecule has 0 N–H and O–H groups in total. The Morgan fingerprint density at radius 3 is 2.77 bits per heavy atom. The van der Waals surface area contributed by atoms with Gasteiger partial charge in [-0.15, -0.1) is 0 Å². The highest BCUT2D eigenvalue weighted by Crippen LogP contribution is 2.24. The Kier molecular flexibility index (Phi) is 4.73. The van der Waals surface area contributed by atoms with Gasteiger partial charge in [-0.3, -0.25) is 4.90 Å². The predicted octanol–water partition coefficient (Wildman–Crippen LogP) is 2.74. The fourth-order valence-electron chi connectivity index (χ4n) is 3.29. The number of aromatic nitrogens is 4. The van der Waals surface area contributed by atoms with Crippen LogP contribution in [0, 0.1) is 0 Å². The standard InChI is InChI=1S/C17H23N5/c1-13(2)22-7-3-4-16(22)6-5-15-8-17(21-12-20-15)14-9-18-11-19-10-14/h8-13,16H,3-7H2,1-2H3/t16-/m1/s1. The Bertz CT molecular complexity index is 599. The van der Waals surface area contributed by atoms with Gasteiger partial charge in [0.25, 0.3) is 0 Å². The van der Waals surface area contributed by atoms with Crippen molar-refractivity contribution < 1.29 is 0 Å². The molecule has 3 heterocycles. The Hall–Kier alpha value is -1.88. The highest BCUT2D eigenvalue weighted by molar-refractivity contribution is 5.56. The molecule has 0 saturated carbocycles. The first-order valence-corrected chi connectivity index (χ1v) is 8.06. The largest absolute Gasteiger partial charge is 0.298 e. The van der Waals surface area contributed by atoms with E-state index in [0.29, 0.717) is 12.1 Å². The van der Waals surface area contributed by atoms with Gasteiger partial charge < -0.3 is 0 Å². The number of hydrogen-bond acceptors (Lipinski definition) is 5. The third-order valence-corrected chi connectivity index (χ3v) is 4.40. The summed E-state index contributed by atoms with van der Waals surface area (Å²) in [6.07, 6.45) is 11.5. The van der Waals surface area contributed by atoms with Gasteiger partial charge in [-0.2, -0.15) is 0 Å². The maximum absolute atomic E-state index is 4.43. The van der Waals surface area contributed by atoms with Crippen molar-refractivity contribution >= 4 is 0 Å². The summed E-state index contributed by atoms with van der Waals surface area (Å²) >= 11 is 0. The molecule has 0 aliphatic carbocycles. The fraction of sp³-hybridized carbons (Fsp3) is 0.529. The molecule has 1 saturated heterocycles. The summed E-state index contributed by atoms with van der Waals surface area (Å²) < 4.78 is 0. The lowest BCUT2D eigenvalue weighted by molar-refractivity contribution is 0.195. The molecule has 1 aliphatic rings. The van der Waals surface area contributed by atoms with Crippen LogP contribution in [0.25, 0.3) is 11.3 Å². The molecule has 0 aromatic carbocycles. The van der Waals surface area contributed by atoms with Crippen LogP contribution in [0.2, 0.25) is 0 Å². The predicted molar refractivity (Wildman–Crippen MR) is 86.2 cm³/mol. The first kappa shape index (κ1) is 15.0. The molecule has 0 radical (unpaired) electrons. The first-order chi connectivity index (χ1) is 10.7. The van der Waals surface area contributed by atoms with Gasteiger partial charge in [0.15, 0.2) is 0 Å². The molecular formula is C17H23N5. The maximum atomic E-state index is 4.43. The lowest BCUT2D eigenvalue weighted by Crippen LogP contribution is -2.35. The summed E-state index contributed by atoms with van der Waals surface area (Å²) in [5.41, 5.74) is 2.94. The lowest BCUT2D eigenvalue weighted by atomic mass is 10.1. The average molecular weight is 297 g/mol. The molecular weight excluding hydrogens is 274 g/mol. The van der Waals surface area contributed by atoms with Gasteiger partial charge in [-0.25, -0.2) is 19.9 Å². The smallest absolute Gasteiger partial charge is 0.116 e. The van der Waals surface area contributed by atoms with E-state index < -0.39 is 0 Å². The lowest BCUT2D eigenvalue weighted by Gasteiger charge is -2.28. The second-order valence-electron chi connectivity index (χ2n) is 6.19. The molecule has 22 heavy (non-hydrogen) atoms. The number of rotatable bonds is 5. The fourth-order valence-corrected chi connectivity index (χ4v) is 3.29. The topological polar surface area (TPSA) is 54.8 Å². The molecule has 0 amide bonds. The third kappa shape index (κ3) is 3.47. The van der Waals surface area contributed by atoms with Crippen LogP contribution in [0.15, 0.2) is 31.1 Å². The summed E-state index contributed by atoms with van der Waals surface area (Å²) in [6.45, 7) is 5.81. The van der Waals surface area contributed by atoms with E-state index in [1.165, 1.54) is 32.1 Å². The number of likely N-dealkylation sites (tertiary alicyclic amines) is 1. The highest BCUT2D eigenvalue weighted by Gasteiger charge is 2.26. The monoisotopic (exact) mass is 297 g/mol. The summed E-state index contributed by atoms with van der Waals surface area (Å²) in [5.74, 6) is 0. The van der Waals surface area contributed by atoms with Crippen molar-refractivity contribution in [3.63, 3.8) is 0 Å². The first-order valence-electron chi connectivity index (χ1n) is 8.06. The van der Waals surface area contributed by atoms with Crippen molar-refractivity contribution in [3.8, 4) is 11.3 Å². The molecule has 2 aromatic rings. The van der Waals surface area contributed by atoms with Crippen molar-refractivity contribution in [2.24, 2.45) is 0 Å². The van der Waals surface area contributed by atoms with Crippen LogP contribution in [0.4, 0.5) is 0 Å². The van der Waals surface area contributed by atoms with Crippen molar-refractivity contribution in [1.29, 1.82) is 0 Å². The van der Waals surface area contributed by atoms with Gasteiger partial charge in [-0.1, -0.05) is 0 Å². The van der Waals surface area contributed by atoms with E-state index in [0.717, 1.165) is 23.4 Å². The van der Waals surface area contributed by atoms with Gasteiger partial charge in [0.1, 0.15) is 12.7 Å². The zero-order chi connectivity index (χ0) is 15.4. The van der Waals surface area contributed by atoms with Crippen LogP contribution in [-0.2, 0) is 6.42 Å². The van der Waals surface area contributed by atoms with E-state index in [1.807, 2.05) is 0 Å².